The molecular formula is C48H54F3N13O2. The maximum absolute atomic E-state index is 15.4. The zero-order valence-electron chi connectivity index (χ0n) is 36.8. The fraction of sp³-hybridized carbons (Fsp3) is 0.521. The number of aromatic nitrogens is 6. The number of nitrogens with one attached hydrogen (secondary N) is 2. The number of pyridine rings is 1. The van der Waals surface area contributed by atoms with Crippen LogP contribution in [0.4, 0.5) is 30.4 Å². The molecule has 12 rings (SSSR count). The molecule has 5 aliphatic heterocycles. The quantitative estimate of drug-likeness (QED) is 0.152. The highest BCUT2D eigenvalue weighted by Gasteiger charge is 2.46. The first-order valence-electron chi connectivity index (χ1n) is 23.6. The molecule has 7 aliphatic rings. The molecule has 2 bridgehead atoms. The van der Waals surface area contributed by atoms with E-state index in [0.717, 1.165) is 94.9 Å². The van der Waals surface area contributed by atoms with Crippen molar-refractivity contribution in [3.8, 4) is 28.6 Å². The smallest absolute Gasteiger partial charge is 0.249 e. The Hall–Kier alpha value is -6.06. The molecule has 2 saturated carbocycles. The molecule has 0 spiro atoms. The summed E-state index contributed by atoms with van der Waals surface area (Å²) in [6, 6.07) is 12.3. The van der Waals surface area contributed by atoms with Crippen molar-refractivity contribution in [2.45, 2.75) is 107 Å². The molecule has 15 nitrogen and oxygen atoms in total. The number of piperazine rings is 2. The predicted molar refractivity (Wildman–Crippen MR) is 241 cm³/mol. The summed E-state index contributed by atoms with van der Waals surface area (Å²) < 4.78 is 46.7. The third kappa shape index (κ3) is 8.36. The summed E-state index contributed by atoms with van der Waals surface area (Å²) in [5, 5.41) is 24.8. The monoisotopic (exact) mass is 901 g/mol. The van der Waals surface area contributed by atoms with E-state index in [1.54, 1.807) is 22.8 Å². The molecule has 4 aromatic heterocycles. The molecule has 9 heterocycles. The van der Waals surface area contributed by atoms with E-state index in [-0.39, 0.29) is 42.9 Å². The number of nitrogens with zero attached hydrogens (tertiary/aromatic N) is 11. The van der Waals surface area contributed by atoms with E-state index in [9.17, 15) is 23.6 Å². The van der Waals surface area contributed by atoms with Gasteiger partial charge in [-0.2, -0.15) is 15.5 Å². The second-order valence-electron chi connectivity index (χ2n) is 19.3. The minimum Gasteiger partial charge on any atom is -0.374 e. The standard InChI is InChI=1S/C48H54F3N13O2/c49-39-19-34(56-40-7-10-44(65)58-47(40)66)2-8-42(39)60-17-15-59(16-18-60)35-3-5-36(6-4-35)63-26-33(24-54-63)41-29-64-46(32(21-52)23-55-64)45(57-41)31-1-9-43(53-22-31)61-27-37-20-38(28-61)62(37)25-30-11-13-48(50,51)14-12-30/h1-2,8-9,19,22-24,26,29-30,35-38,40,56H,3-7,10-18,20,25,27-28H2,(H,58,65,66)/t35-,36+,37?,38?,40?. The molecular weight excluding hydrogens is 848 g/mol. The third-order valence-electron chi connectivity index (χ3n) is 15.2. The molecule has 0 radical (unpaired) electrons. The number of hydrogen-bond acceptors (Lipinski definition) is 12. The Labute approximate surface area is 380 Å². The third-order valence-corrected chi connectivity index (χ3v) is 15.2. The van der Waals surface area contributed by atoms with Crippen molar-refractivity contribution in [2.24, 2.45) is 5.92 Å². The van der Waals surface area contributed by atoms with Gasteiger partial charge in [0.15, 0.2) is 0 Å². The van der Waals surface area contributed by atoms with Crippen molar-refractivity contribution in [2.75, 3.05) is 60.9 Å². The minimum absolute atomic E-state index is 0.0117. The zero-order valence-corrected chi connectivity index (χ0v) is 36.8. The number of hydrogen-bond donors (Lipinski definition) is 2. The van der Waals surface area contributed by atoms with Crippen LogP contribution in [0.25, 0.3) is 28.0 Å². The van der Waals surface area contributed by atoms with Gasteiger partial charge < -0.3 is 15.1 Å². The maximum Gasteiger partial charge on any atom is 0.249 e. The van der Waals surface area contributed by atoms with E-state index in [2.05, 4.69) is 52.3 Å². The highest BCUT2D eigenvalue weighted by atomic mass is 19.3. The Kier molecular flexibility index (Phi) is 11.2. The van der Waals surface area contributed by atoms with Crippen molar-refractivity contribution in [1.29, 1.82) is 5.26 Å². The number of imide groups is 1. The van der Waals surface area contributed by atoms with Crippen LogP contribution in [0.1, 0.15) is 82.2 Å². The molecule has 3 unspecified atom stereocenters. The van der Waals surface area contributed by atoms with Gasteiger partial charge in [0.25, 0.3) is 0 Å². The molecule has 2 amide bonds. The number of halogens is 3. The van der Waals surface area contributed by atoms with Gasteiger partial charge in [-0.15, -0.1) is 0 Å². The Morgan fingerprint density at radius 2 is 1.61 bits per heavy atom. The number of amides is 2. The van der Waals surface area contributed by atoms with Gasteiger partial charge in [-0.25, -0.2) is 27.7 Å². The highest BCUT2D eigenvalue weighted by molar-refractivity contribution is 6.01. The van der Waals surface area contributed by atoms with Gasteiger partial charge in [0.2, 0.25) is 17.7 Å². The number of benzene rings is 1. The molecule has 7 fully saturated rings. The van der Waals surface area contributed by atoms with Gasteiger partial charge in [0, 0.05) is 112 Å². The lowest BCUT2D eigenvalue weighted by Crippen LogP contribution is -2.69. The summed E-state index contributed by atoms with van der Waals surface area (Å²) in [5.41, 5.74) is 5.10. The second kappa shape index (κ2) is 17.3. The van der Waals surface area contributed by atoms with Crippen molar-refractivity contribution in [3.05, 3.63) is 72.7 Å². The van der Waals surface area contributed by atoms with Crippen LogP contribution in [0.15, 0.2) is 61.3 Å². The zero-order chi connectivity index (χ0) is 45.1. The summed E-state index contributed by atoms with van der Waals surface area (Å²) in [6.45, 7) is 5.78. The molecule has 3 atom stereocenters. The minimum atomic E-state index is -2.50. The lowest BCUT2D eigenvalue weighted by atomic mass is 9.82. The molecule has 5 aromatic rings. The normalized spacial score (nSPS) is 26.2. The summed E-state index contributed by atoms with van der Waals surface area (Å²) in [6.07, 6.45) is 16.2. The number of fused-ring (bicyclic) bond motifs is 3. The van der Waals surface area contributed by atoms with Crippen LogP contribution in [0.2, 0.25) is 0 Å². The average molecular weight is 902 g/mol. The molecule has 1 aromatic carbocycles. The van der Waals surface area contributed by atoms with E-state index < -0.39 is 12.0 Å². The summed E-state index contributed by atoms with van der Waals surface area (Å²) >= 11 is 0. The van der Waals surface area contributed by atoms with E-state index in [4.69, 9.17) is 15.1 Å². The maximum atomic E-state index is 15.4. The number of piperidine rings is 2. The summed E-state index contributed by atoms with van der Waals surface area (Å²) in [5.74, 6) is -2.25. The number of carbonyl (C=O) groups excluding carboxylic acids is 2. The topological polar surface area (TPSA) is 156 Å². The van der Waals surface area contributed by atoms with Crippen molar-refractivity contribution < 1.29 is 22.8 Å². The van der Waals surface area contributed by atoms with Gasteiger partial charge in [-0.05, 0) is 87.6 Å². The lowest BCUT2D eigenvalue weighted by Gasteiger charge is -2.57. The first-order valence-corrected chi connectivity index (χ1v) is 23.6. The van der Waals surface area contributed by atoms with Crippen LogP contribution in [0.5, 0.6) is 0 Å². The van der Waals surface area contributed by atoms with Crippen LogP contribution in [0.3, 0.4) is 0 Å². The van der Waals surface area contributed by atoms with Gasteiger partial charge >= 0.3 is 0 Å². The molecule has 5 saturated heterocycles. The average Bonchev–Trinajstić information content (AvgIpc) is 4.00. The Bertz CT molecular complexity index is 2640. The number of anilines is 3. The summed E-state index contributed by atoms with van der Waals surface area (Å²) in [4.78, 5) is 43.2. The molecule has 2 aliphatic carbocycles. The SMILES string of the molecule is N#Cc1cnn2cc(-c3cnn([C@H]4CC[C@@H](N5CCN(c6ccc(NC7CCC(=O)NC7=O)cc6F)CC5)CC4)c3)nc(-c3ccc(N4CC5CC(C4)N5CC4CCC(F)(F)CC4)nc3)c12. The largest absolute Gasteiger partial charge is 0.374 e. The Balaban J connectivity index is 0.703. The van der Waals surface area contributed by atoms with E-state index in [1.807, 2.05) is 30.7 Å². The predicted octanol–water partition coefficient (Wildman–Crippen LogP) is 6.28. The Morgan fingerprint density at radius 1 is 0.833 bits per heavy atom. The molecule has 18 heteroatoms. The van der Waals surface area contributed by atoms with Crippen LogP contribution < -0.4 is 20.4 Å². The highest BCUT2D eigenvalue weighted by Crippen LogP contribution is 2.41. The summed E-state index contributed by atoms with van der Waals surface area (Å²) in [7, 11) is 0. The number of alkyl halides is 2. The lowest BCUT2D eigenvalue weighted by molar-refractivity contribution is -0.133. The molecule has 66 heavy (non-hydrogen) atoms. The van der Waals surface area contributed by atoms with Gasteiger partial charge in [-0.1, -0.05) is 0 Å². The Morgan fingerprint density at radius 3 is 2.32 bits per heavy atom. The molecule has 344 valence electrons. The van der Waals surface area contributed by atoms with Crippen LogP contribution >= 0.6 is 0 Å². The molecule has 2 N–H and O–H groups in total. The number of nitriles is 1. The van der Waals surface area contributed by atoms with Crippen molar-refractivity contribution in [1.82, 2.24) is 44.5 Å². The van der Waals surface area contributed by atoms with E-state index >= 15 is 4.39 Å². The van der Waals surface area contributed by atoms with Crippen LogP contribution in [-0.4, -0.2) is 127 Å². The van der Waals surface area contributed by atoms with Crippen LogP contribution in [-0.2, 0) is 9.59 Å². The van der Waals surface area contributed by atoms with Gasteiger partial charge in [0.1, 0.15) is 34.8 Å². The van der Waals surface area contributed by atoms with Crippen molar-refractivity contribution >= 4 is 34.5 Å². The first kappa shape index (κ1) is 42.6. The number of carbonyl (C=O) groups is 2. The van der Waals surface area contributed by atoms with E-state index in [1.165, 1.54) is 6.07 Å². The first-order chi connectivity index (χ1) is 32.0. The fourth-order valence-electron chi connectivity index (χ4n) is 11.5. The van der Waals surface area contributed by atoms with Crippen molar-refractivity contribution in [3.63, 3.8) is 0 Å². The van der Waals surface area contributed by atoms with Gasteiger partial charge in [0.05, 0.1) is 41.7 Å². The van der Waals surface area contributed by atoms with Crippen LogP contribution in [0, 0.1) is 23.1 Å². The van der Waals surface area contributed by atoms with E-state index in [0.29, 0.717) is 77.1 Å². The second-order valence-corrected chi connectivity index (χ2v) is 19.3. The number of rotatable bonds is 10. The van der Waals surface area contributed by atoms with Gasteiger partial charge in [-0.3, -0.25) is 29.4 Å². The fourth-order valence-corrected chi connectivity index (χ4v) is 11.5.